The highest BCUT2D eigenvalue weighted by atomic mass is 16.4. The van der Waals surface area contributed by atoms with Gasteiger partial charge in [0.2, 0.25) is 0 Å². The molecule has 0 rings (SSSR count). The van der Waals surface area contributed by atoms with Crippen molar-refractivity contribution in [2.24, 2.45) is 0 Å². The van der Waals surface area contributed by atoms with Crippen molar-refractivity contribution >= 4 is 5.97 Å². The normalized spacial score (nSPS) is 13.6. The fourth-order valence-electron chi connectivity index (χ4n) is 0.658. The van der Waals surface area contributed by atoms with Gasteiger partial charge in [0.25, 0.3) is 0 Å². The maximum atomic E-state index is 10.4. The number of aliphatic carboxylic acids is 1. The Kier molecular flexibility index (Phi) is 3.99. The van der Waals surface area contributed by atoms with Crippen LogP contribution in [0.25, 0.3) is 0 Å². The van der Waals surface area contributed by atoms with Crippen molar-refractivity contribution in [3.05, 3.63) is 0 Å². The van der Waals surface area contributed by atoms with Gasteiger partial charge in [-0.15, -0.1) is 0 Å². The molecule has 0 radical (unpaired) electrons. The van der Waals surface area contributed by atoms with Crippen molar-refractivity contribution in [3.8, 4) is 0 Å². The van der Waals surface area contributed by atoms with Crippen molar-refractivity contribution in [1.29, 1.82) is 0 Å². The molecule has 0 spiro atoms. The van der Waals surface area contributed by atoms with Gasteiger partial charge in [-0.3, -0.25) is 4.79 Å². The van der Waals surface area contributed by atoms with E-state index in [1.807, 2.05) is 19.0 Å². The first-order valence-electron chi connectivity index (χ1n) is 3.12. The van der Waals surface area contributed by atoms with Gasteiger partial charge in [-0.25, -0.2) is 0 Å². The van der Waals surface area contributed by atoms with E-state index >= 15 is 0 Å². The zero-order chi connectivity index (χ0) is 8.15. The first kappa shape index (κ1) is 9.39. The highest BCUT2D eigenvalue weighted by Gasteiger charge is 2.14. The van der Waals surface area contributed by atoms with E-state index in [2.05, 4.69) is 5.32 Å². The molecule has 0 aliphatic heterocycles. The quantitative estimate of drug-likeness (QED) is 0.546. The van der Waals surface area contributed by atoms with Crippen LogP contribution in [0, 0.1) is 0 Å². The van der Waals surface area contributed by atoms with Crippen LogP contribution in [0.3, 0.4) is 0 Å². The van der Waals surface area contributed by atoms with Crippen molar-refractivity contribution in [1.82, 2.24) is 10.2 Å². The van der Waals surface area contributed by atoms with E-state index in [-0.39, 0.29) is 0 Å². The Hall–Kier alpha value is -0.610. The van der Waals surface area contributed by atoms with E-state index in [4.69, 9.17) is 5.11 Å². The lowest BCUT2D eigenvalue weighted by atomic mass is 10.3. The van der Waals surface area contributed by atoms with E-state index in [0.29, 0.717) is 6.54 Å². The van der Waals surface area contributed by atoms with Crippen LogP contribution in [0.1, 0.15) is 0 Å². The molecule has 0 aromatic carbocycles. The third kappa shape index (κ3) is 3.42. The summed E-state index contributed by atoms with van der Waals surface area (Å²) in [6.07, 6.45) is 0. The summed E-state index contributed by atoms with van der Waals surface area (Å²) in [5, 5.41) is 11.2. The van der Waals surface area contributed by atoms with Gasteiger partial charge in [0.15, 0.2) is 0 Å². The minimum Gasteiger partial charge on any atom is -0.480 e. The van der Waals surface area contributed by atoms with Gasteiger partial charge in [-0.1, -0.05) is 0 Å². The number of nitrogens with zero attached hydrogens (tertiary/aromatic N) is 1. The molecule has 4 nitrogen and oxygen atoms in total. The third-order valence-corrected chi connectivity index (χ3v) is 1.19. The lowest BCUT2D eigenvalue weighted by molar-refractivity contribution is -0.139. The minimum atomic E-state index is -0.809. The Bertz CT molecular complexity index is 114. The first-order chi connectivity index (χ1) is 4.57. The van der Waals surface area contributed by atoms with Crippen LogP contribution in [0.15, 0.2) is 0 Å². The van der Waals surface area contributed by atoms with Crippen LogP contribution < -0.4 is 5.32 Å². The fourth-order valence-corrected chi connectivity index (χ4v) is 0.658. The maximum Gasteiger partial charge on any atom is 0.322 e. The van der Waals surface area contributed by atoms with Crippen LogP contribution >= 0.6 is 0 Å². The van der Waals surface area contributed by atoms with Crippen molar-refractivity contribution in [3.63, 3.8) is 0 Å². The summed E-state index contributed by atoms with van der Waals surface area (Å²) in [5.74, 6) is -0.809. The molecule has 0 fully saturated rings. The van der Waals surface area contributed by atoms with E-state index in [1.54, 1.807) is 7.05 Å². The molecule has 0 saturated carbocycles. The second kappa shape index (κ2) is 4.24. The zero-order valence-corrected chi connectivity index (χ0v) is 6.59. The highest BCUT2D eigenvalue weighted by Crippen LogP contribution is 1.84. The molecule has 0 aliphatic carbocycles. The monoisotopic (exact) mass is 146 g/mol. The van der Waals surface area contributed by atoms with Crippen molar-refractivity contribution in [2.45, 2.75) is 6.04 Å². The Morgan fingerprint density at radius 1 is 1.70 bits per heavy atom. The smallest absolute Gasteiger partial charge is 0.322 e. The standard InChI is InChI=1S/C6H14N2O2/c1-7-5(6(9)10)4-8(2)3/h5,7H,4H2,1-3H3,(H,9,10). The average Bonchev–Trinajstić information content (AvgIpc) is 1.81. The summed E-state index contributed by atoms with van der Waals surface area (Å²) < 4.78 is 0. The summed E-state index contributed by atoms with van der Waals surface area (Å²) in [6, 6.07) is -0.463. The predicted octanol–water partition coefficient (Wildman–Crippen LogP) is -0.779. The van der Waals surface area contributed by atoms with E-state index in [1.165, 1.54) is 0 Å². The van der Waals surface area contributed by atoms with Crippen LogP contribution in [-0.4, -0.2) is 49.7 Å². The topological polar surface area (TPSA) is 52.6 Å². The molecule has 1 atom stereocenters. The zero-order valence-electron chi connectivity index (χ0n) is 6.59. The predicted molar refractivity (Wildman–Crippen MR) is 39.0 cm³/mol. The summed E-state index contributed by atoms with van der Waals surface area (Å²) >= 11 is 0. The Morgan fingerprint density at radius 3 is 2.30 bits per heavy atom. The highest BCUT2D eigenvalue weighted by molar-refractivity contribution is 5.73. The van der Waals surface area contributed by atoms with E-state index in [0.717, 1.165) is 0 Å². The number of rotatable bonds is 4. The molecule has 2 N–H and O–H groups in total. The number of carboxylic acid groups (broad SMARTS) is 1. The molecule has 0 amide bonds. The number of nitrogens with one attached hydrogen (secondary N) is 1. The molecule has 0 aromatic rings. The molecule has 0 bridgehead atoms. The summed E-state index contributed by atoms with van der Waals surface area (Å²) in [6.45, 7) is 0.520. The number of likely N-dealkylation sites (N-methyl/N-ethyl adjacent to an activating group) is 2. The summed E-state index contributed by atoms with van der Waals surface area (Å²) in [7, 11) is 5.32. The molecule has 60 valence electrons. The minimum absolute atomic E-state index is 0.463. The molecule has 0 aliphatic rings. The molecule has 0 saturated heterocycles. The van der Waals surface area contributed by atoms with Crippen LogP contribution in [0.5, 0.6) is 0 Å². The molecule has 10 heavy (non-hydrogen) atoms. The molecule has 0 aromatic heterocycles. The van der Waals surface area contributed by atoms with Gasteiger partial charge in [0.1, 0.15) is 6.04 Å². The second-order valence-electron chi connectivity index (χ2n) is 2.44. The van der Waals surface area contributed by atoms with Gasteiger partial charge < -0.3 is 15.3 Å². The SMILES string of the molecule is CNC(CN(C)C)C(=O)O. The van der Waals surface area contributed by atoms with Gasteiger partial charge in [-0.05, 0) is 21.1 Å². The first-order valence-corrected chi connectivity index (χ1v) is 3.12. The molecule has 0 heterocycles. The van der Waals surface area contributed by atoms with Gasteiger partial charge in [-0.2, -0.15) is 0 Å². The van der Waals surface area contributed by atoms with Crippen LogP contribution in [-0.2, 0) is 4.79 Å². The van der Waals surface area contributed by atoms with Crippen LogP contribution in [0.2, 0.25) is 0 Å². The maximum absolute atomic E-state index is 10.4. The number of carbonyl (C=O) groups is 1. The summed E-state index contributed by atoms with van der Waals surface area (Å²) in [5.41, 5.74) is 0. The van der Waals surface area contributed by atoms with Crippen molar-refractivity contribution in [2.75, 3.05) is 27.7 Å². The molecular formula is C6H14N2O2. The molecular weight excluding hydrogens is 132 g/mol. The molecule has 4 heteroatoms. The molecule has 1 unspecified atom stereocenters. The Morgan fingerprint density at radius 2 is 2.20 bits per heavy atom. The second-order valence-corrected chi connectivity index (χ2v) is 2.44. The Balaban J connectivity index is 3.72. The largest absolute Gasteiger partial charge is 0.480 e. The average molecular weight is 146 g/mol. The van der Waals surface area contributed by atoms with Crippen molar-refractivity contribution < 1.29 is 9.90 Å². The van der Waals surface area contributed by atoms with Gasteiger partial charge in [0, 0.05) is 6.54 Å². The van der Waals surface area contributed by atoms with Gasteiger partial charge >= 0.3 is 5.97 Å². The third-order valence-electron chi connectivity index (χ3n) is 1.19. The van der Waals surface area contributed by atoms with E-state index < -0.39 is 12.0 Å². The fraction of sp³-hybridized carbons (Fsp3) is 0.833. The summed E-state index contributed by atoms with van der Waals surface area (Å²) in [4.78, 5) is 12.2. The lowest BCUT2D eigenvalue weighted by Crippen LogP contribution is -2.42. The Labute approximate surface area is 60.8 Å². The number of carboxylic acids is 1. The van der Waals surface area contributed by atoms with E-state index in [9.17, 15) is 4.79 Å². The van der Waals surface area contributed by atoms with Gasteiger partial charge in [0.05, 0.1) is 0 Å². The number of hydrogen-bond acceptors (Lipinski definition) is 3. The number of hydrogen-bond donors (Lipinski definition) is 2. The van der Waals surface area contributed by atoms with Crippen LogP contribution in [0.4, 0.5) is 0 Å². The lowest BCUT2D eigenvalue weighted by Gasteiger charge is -2.15.